The highest BCUT2D eigenvalue weighted by atomic mass is 16.5. The summed E-state index contributed by atoms with van der Waals surface area (Å²) in [6.45, 7) is 2.49. The number of ether oxygens (including phenoxy) is 4. The topological polar surface area (TPSA) is 103 Å². The lowest BCUT2D eigenvalue weighted by Gasteiger charge is -2.17. The van der Waals surface area contributed by atoms with Gasteiger partial charge in [-0.05, 0) is 61.4 Å². The second-order valence-electron chi connectivity index (χ2n) is 7.95. The maximum absolute atomic E-state index is 13.1. The second-order valence-corrected chi connectivity index (χ2v) is 7.95. The SMILES string of the molecule is COCCCN1C(=O)/C(=C\c2ccc(OCC(=O)Nc3ccc(OC)cc3)cc2)C(C(=O)OC)=C1C. The first kappa shape index (κ1) is 26.5. The Morgan fingerprint density at radius 3 is 2.25 bits per heavy atom. The standard InChI is InChI=1S/C27H30N2O7/c1-18-25(27(32)35-4)23(26(31)29(18)14-5-15-33-2)16-19-6-10-22(11-7-19)36-17-24(30)28-20-8-12-21(34-3)13-9-20/h6-13,16H,5,14-15,17H2,1-4H3,(H,28,30)/b23-16-. The number of rotatable bonds is 11. The number of amides is 2. The van der Waals surface area contributed by atoms with E-state index in [0.717, 1.165) is 0 Å². The van der Waals surface area contributed by atoms with Crippen molar-refractivity contribution in [3.05, 3.63) is 70.9 Å². The van der Waals surface area contributed by atoms with Gasteiger partial charge in [-0.3, -0.25) is 9.59 Å². The van der Waals surface area contributed by atoms with Crippen LogP contribution in [0.5, 0.6) is 11.5 Å². The molecular formula is C27H30N2O7. The average molecular weight is 495 g/mol. The van der Waals surface area contributed by atoms with Gasteiger partial charge < -0.3 is 29.2 Å². The lowest BCUT2D eigenvalue weighted by molar-refractivity contribution is -0.136. The molecule has 2 aromatic rings. The Morgan fingerprint density at radius 2 is 1.64 bits per heavy atom. The summed E-state index contributed by atoms with van der Waals surface area (Å²) in [5.74, 6) is 0.0474. The normalized spacial score (nSPS) is 14.3. The van der Waals surface area contributed by atoms with Gasteiger partial charge in [-0.15, -0.1) is 0 Å². The predicted octanol–water partition coefficient (Wildman–Crippen LogP) is 3.42. The molecule has 1 heterocycles. The van der Waals surface area contributed by atoms with Gasteiger partial charge >= 0.3 is 5.97 Å². The van der Waals surface area contributed by atoms with Gasteiger partial charge in [0.25, 0.3) is 11.8 Å². The minimum atomic E-state index is -0.566. The van der Waals surface area contributed by atoms with Crippen LogP contribution in [0.3, 0.4) is 0 Å². The summed E-state index contributed by atoms with van der Waals surface area (Å²) >= 11 is 0. The van der Waals surface area contributed by atoms with Crippen LogP contribution in [0.15, 0.2) is 65.4 Å². The Bertz CT molecular complexity index is 1150. The predicted molar refractivity (Wildman–Crippen MR) is 134 cm³/mol. The van der Waals surface area contributed by atoms with Crippen LogP contribution in [0, 0.1) is 0 Å². The first-order valence-corrected chi connectivity index (χ1v) is 11.4. The molecule has 0 fully saturated rings. The molecule has 190 valence electrons. The van der Waals surface area contributed by atoms with E-state index in [1.54, 1.807) is 80.7 Å². The zero-order valence-corrected chi connectivity index (χ0v) is 20.8. The summed E-state index contributed by atoms with van der Waals surface area (Å²) in [5.41, 5.74) is 2.40. The van der Waals surface area contributed by atoms with Crippen molar-refractivity contribution in [2.75, 3.05) is 46.4 Å². The molecule has 0 bridgehead atoms. The summed E-state index contributed by atoms with van der Waals surface area (Å²) < 4.78 is 20.7. The average Bonchev–Trinajstić information content (AvgIpc) is 3.12. The molecular weight excluding hydrogens is 464 g/mol. The fourth-order valence-corrected chi connectivity index (χ4v) is 3.71. The Morgan fingerprint density at radius 1 is 0.972 bits per heavy atom. The van der Waals surface area contributed by atoms with E-state index < -0.39 is 5.97 Å². The van der Waals surface area contributed by atoms with Gasteiger partial charge in [0.1, 0.15) is 11.5 Å². The Hall–Kier alpha value is -4.11. The van der Waals surface area contributed by atoms with Gasteiger partial charge in [-0.2, -0.15) is 0 Å². The molecule has 0 aliphatic carbocycles. The fourth-order valence-electron chi connectivity index (χ4n) is 3.71. The first-order chi connectivity index (χ1) is 17.4. The largest absolute Gasteiger partial charge is 0.497 e. The molecule has 0 radical (unpaired) electrons. The van der Waals surface area contributed by atoms with Crippen LogP contribution in [0.4, 0.5) is 5.69 Å². The number of methoxy groups -OCH3 is 3. The molecule has 2 amide bonds. The smallest absolute Gasteiger partial charge is 0.340 e. The van der Waals surface area contributed by atoms with E-state index in [1.165, 1.54) is 7.11 Å². The van der Waals surface area contributed by atoms with Gasteiger partial charge in [0.15, 0.2) is 6.61 Å². The van der Waals surface area contributed by atoms with Crippen molar-refractivity contribution in [3.63, 3.8) is 0 Å². The molecule has 2 aromatic carbocycles. The highest BCUT2D eigenvalue weighted by Gasteiger charge is 2.36. The Balaban J connectivity index is 1.66. The quantitative estimate of drug-likeness (QED) is 0.290. The Labute approximate surface area is 210 Å². The summed E-state index contributed by atoms with van der Waals surface area (Å²) in [5, 5.41) is 2.75. The van der Waals surface area contributed by atoms with E-state index in [2.05, 4.69) is 5.32 Å². The molecule has 36 heavy (non-hydrogen) atoms. The van der Waals surface area contributed by atoms with Crippen molar-refractivity contribution < 1.29 is 33.3 Å². The van der Waals surface area contributed by atoms with Crippen LogP contribution in [0.1, 0.15) is 18.9 Å². The summed E-state index contributed by atoms with van der Waals surface area (Å²) in [4.78, 5) is 39.2. The maximum Gasteiger partial charge on any atom is 0.340 e. The molecule has 0 spiro atoms. The molecule has 0 unspecified atom stereocenters. The molecule has 0 aromatic heterocycles. The van der Waals surface area contributed by atoms with E-state index in [1.807, 2.05) is 0 Å². The van der Waals surface area contributed by atoms with Gasteiger partial charge in [0.2, 0.25) is 0 Å². The first-order valence-electron chi connectivity index (χ1n) is 11.4. The van der Waals surface area contributed by atoms with E-state index >= 15 is 0 Å². The third-order valence-electron chi connectivity index (χ3n) is 5.57. The molecule has 9 heteroatoms. The molecule has 1 aliphatic rings. The Kier molecular flexibility index (Phi) is 9.24. The van der Waals surface area contributed by atoms with Crippen LogP contribution in [0.25, 0.3) is 6.08 Å². The number of nitrogens with zero attached hydrogens (tertiary/aromatic N) is 1. The summed E-state index contributed by atoms with van der Waals surface area (Å²) in [6, 6.07) is 13.8. The molecule has 0 saturated heterocycles. The van der Waals surface area contributed by atoms with Gasteiger partial charge in [0, 0.05) is 31.6 Å². The van der Waals surface area contributed by atoms with Crippen molar-refractivity contribution in [2.45, 2.75) is 13.3 Å². The molecule has 3 rings (SSSR count). The van der Waals surface area contributed by atoms with Gasteiger partial charge in [0.05, 0.1) is 25.4 Å². The van der Waals surface area contributed by atoms with Crippen molar-refractivity contribution >= 4 is 29.5 Å². The van der Waals surface area contributed by atoms with E-state index in [9.17, 15) is 14.4 Å². The molecule has 9 nitrogen and oxygen atoms in total. The zero-order chi connectivity index (χ0) is 26.1. The lowest BCUT2D eigenvalue weighted by Crippen LogP contribution is -2.26. The minimum absolute atomic E-state index is 0.171. The minimum Gasteiger partial charge on any atom is -0.497 e. The maximum atomic E-state index is 13.1. The molecule has 0 atom stereocenters. The summed E-state index contributed by atoms with van der Waals surface area (Å²) in [7, 11) is 4.46. The number of carbonyl (C=O) groups is 3. The number of benzene rings is 2. The third-order valence-corrected chi connectivity index (χ3v) is 5.57. The highest BCUT2D eigenvalue weighted by molar-refractivity contribution is 6.16. The number of hydrogen-bond donors (Lipinski definition) is 1. The van der Waals surface area contributed by atoms with Crippen LogP contribution in [-0.2, 0) is 23.9 Å². The van der Waals surface area contributed by atoms with Crippen molar-refractivity contribution in [1.29, 1.82) is 0 Å². The molecule has 1 aliphatic heterocycles. The summed E-state index contributed by atoms with van der Waals surface area (Å²) in [6.07, 6.45) is 2.29. The van der Waals surface area contributed by atoms with Crippen LogP contribution >= 0.6 is 0 Å². The monoisotopic (exact) mass is 494 g/mol. The van der Waals surface area contributed by atoms with E-state index in [-0.39, 0.29) is 29.6 Å². The van der Waals surface area contributed by atoms with Crippen molar-refractivity contribution in [1.82, 2.24) is 4.90 Å². The number of anilines is 1. The second kappa shape index (κ2) is 12.6. The zero-order valence-electron chi connectivity index (χ0n) is 20.8. The number of allylic oxidation sites excluding steroid dienone is 1. The fraction of sp³-hybridized carbons (Fsp3) is 0.296. The van der Waals surface area contributed by atoms with Crippen LogP contribution in [-0.4, -0.2) is 63.8 Å². The van der Waals surface area contributed by atoms with Crippen molar-refractivity contribution in [3.8, 4) is 11.5 Å². The number of hydrogen-bond acceptors (Lipinski definition) is 7. The van der Waals surface area contributed by atoms with Gasteiger partial charge in [-0.25, -0.2) is 4.79 Å². The molecule has 0 saturated carbocycles. The third kappa shape index (κ3) is 6.51. The highest BCUT2D eigenvalue weighted by Crippen LogP contribution is 2.32. The van der Waals surface area contributed by atoms with Crippen LogP contribution < -0.4 is 14.8 Å². The van der Waals surface area contributed by atoms with Gasteiger partial charge in [-0.1, -0.05) is 12.1 Å². The van der Waals surface area contributed by atoms with Crippen molar-refractivity contribution in [2.24, 2.45) is 0 Å². The van der Waals surface area contributed by atoms with E-state index in [4.69, 9.17) is 18.9 Å². The number of carbonyl (C=O) groups excluding carboxylic acids is 3. The van der Waals surface area contributed by atoms with Crippen LogP contribution in [0.2, 0.25) is 0 Å². The molecule has 1 N–H and O–H groups in total. The van der Waals surface area contributed by atoms with E-state index in [0.29, 0.717) is 48.0 Å². The number of nitrogens with one attached hydrogen (secondary N) is 1. The number of esters is 1. The lowest BCUT2D eigenvalue weighted by atomic mass is 10.0.